The number of tetrazole rings is 1. The molecule has 2 heterocycles. The van der Waals surface area contributed by atoms with Gasteiger partial charge >= 0.3 is 5.97 Å². The van der Waals surface area contributed by atoms with Gasteiger partial charge in [-0.05, 0) is 55.3 Å². The van der Waals surface area contributed by atoms with E-state index in [-0.39, 0.29) is 6.10 Å². The zero-order valence-corrected chi connectivity index (χ0v) is 16.1. The van der Waals surface area contributed by atoms with Crippen LogP contribution in [-0.4, -0.2) is 38.9 Å². The van der Waals surface area contributed by atoms with Crippen molar-refractivity contribution in [2.24, 2.45) is 0 Å². The van der Waals surface area contributed by atoms with Crippen molar-refractivity contribution >= 4 is 11.9 Å². The molecule has 0 saturated heterocycles. The molecule has 8 heteroatoms. The Hall–Kier alpha value is -2.90. The lowest BCUT2D eigenvalue weighted by atomic mass is 9.95. The minimum atomic E-state index is -0.489. The highest BCUT2D eigenvalue weighted by atomic mass is 16.5. The molecule has 1 atom stereocenters. The number of nitrogens with zero attached hydrogens (tertiary/aromatic N) is 4. The summed E-state index contributed by atoms with van der Waals surface area (Å²) in [5.74, 6) is 0.845. The first kappa shape index (κ1) is 18.9. The number of nitrogens with one attached hydrogen (secondary N) is 1. The number of rotatable bonds is 7. The summed E-state index contributed by atoms with van der Waals surface area (Å²) >= 11 is 0. The maximum Gasteiger partial charge on any atom is 0.338 e. The zero-order valence-electron chi connectivity index (χ0n) is 16.1. The fraction of sp³-hybridized carbons (Fsp3) is 0.474. The van der Waals surface area contributed by atoms with Crippen LogP contribution in [0.2, 0.25) is 0 Å². The molecule has 1 aliphatic heterocycles. The van der Waals surface area contributed by atoms with Crippen LogP contribution in [0, 0.1) is 0 Å². The number of ether oxygens (including phenoxy) is 2. The molecule has 144 valence electrons. The Morgan fingerprint density at radius 3 is 2.93 bits per heavy atom. The van der Waals surface area contributed by atoms with Gasteiger partial charge in [-0.15, -0.1) is 0 Å². The molecule has 0 aliphatic carbocycles. The lowest BCUT2D eigenvalue weighted by molar-refractivity contribution is -0.143. The van der Waals surface area contributed by atoms with E-state index >= 15 is 0 Å². The SMILES string of the molecule is CCCCOc1cccc(C2C(C(=O)OC(C)C)=C(C)Nc3nnnn32)c1. The minimum absolute atomic E-state index is 0.225. The second kappa shape index (κ2) is 8.20. The number of hydrogen-bond donors (Lipinski definition) is 1. The third-order valence-corrected chi connectivity index (χ3v) is 4.22. The maximum atomic E-state index is 12.8. The molecular formula is C19H25N5O3. The molecule has 0 radical (unpaired) electrons. The summed E-state index contributed by atoms with van der Waals surface area (Å²) in [6.07, 6.45) is 1.83. The highest BCUT2D eigenvalue weighted by molar-refractivity contribution is 5.92. The molecule has 2 aromatic rings. The van der Waals surface area contributed by atoms with E-state index in [4.69, 9.17) is 9.47 Å². The van der Waals surface area contributed by atoms with Crippen molar-refractivity contribution in [3.05, 3.63) is 41.1 Å². The van der Waals surface area contributed by atoms with Gasteiger partial charge in [0.25, 0.3) is 0 Å². The number of allylic oxidation sites excluding steroid dienone is 1. The lowest BCUT2D eigenvalue weighted by Crippen LogP contribution is -2.30. The van der Waals surface area contributed by atoms with Crippen LogP contribution in [0.1, 0.15) is 52.1 Å². The second-order valence-electron chi connectivity index (χ2n) is 6.74. The Bertz CT molecular complexity index is 843. The Labute approximate surface area is 158 Å². The highest BCUT2D eigenvalue weighted by Crippen LogP contribution is 2.36. The summed E-state index contributed by atoms with van der Waals surface area (Å²) in [5, 5.41) is 14.9. The van der Waals surface area contributed by atoms with Crippen molar-refractivity contribution < 1.29 is 14.3 Å². The average molecular weight is 371 g/mol. The van der Waals surface area contributed by atoms with E-state index in [0.29, 0.717) is 23.8 Å². The smallest absolute Gasteiger partial charge is 0.338 e. The predicted molar refractivity (Wildman–Crippen MR) is 100 cm³/mol. The topological polar surface area (TPSA) is 91.2 Å². The van der Waals surface area contributed by atoms with Gasteiger partial charge in [-0.3, -0.25) is 0 Å². The van der Waals surface area contributed by atoms with E-state index in [1.165, 1.54) is 0 Å². The fourth-order valence-corrected chi connectivity index (χ4v) is 2.97. The molecule has 8 nitrogen and oxygen atoms in total. The van der Waals surface area contributed by atoms with Gasteiger partial charge in [-0.25, -0.2) is 4.79 Å². The third kappa shape index (κ3) is 4.10. The van der Waals surface area contributed by atoms with Gasteiger partial charge in [0.1, 0.15) is 11.8 Å². The standard InChI is InChI=1S/C19H25N5O3/c1-5-6-10-26-15-9-7-8-14(11-15)17-16(18(25)27-12(2)3)13(4)20-19-21-22-23-24(17)19/h7-9,11-12,17H,5-6,10H2,1-4H3,(H,20,21,23). The molecule has 0 spiro atoms. The molecule has 1 aromatic heterocycles. The van der Waals surface area contributed by atoms with Crippen molar-refractivity contribution in [2.75, 3.05) is 11.9 Å². The van der Waals surface area contributed by atoms with E-state index < -0.39 is 12.0 Å². The molecular weight excluding hydrogens is 346 g/mol. The van der Waals surface area contributed by atoms with Crippen LogP contribution >= 0.6 is 0 Å². The van der Waals surface area contributed by atoms with Gasteiger partial charge in [0, 0.05) is 5.70 Å². The number of benzene rings is 1. The summed E-state index contributed by atoms with van der Waals surface area (Å²) in [6, 6.07) is 7.18. The lowest BCUT2D eigenvalue weighted by Gasteiger charge is -2.28. The van der Waals surface area contributed by atoms with E-state index in [1.807, 2.05) is 45.0 Å². The van der Waals surface area contributed by atoms with E-state index in [0.717, 1.165) is 24.2 Å². The summed E-state index contributed by atoms with van der Waals surface area (Å²) < 4.78 is 12.9. The van der Waals surface area contributed by atoms with Crippen LogP contribution in [-0.2, 0) is 9.53 Å². The molecule has 1 N–H and O–H groups in total. The van der Waals surface area contributed by atoms with Crippen molar-refractivity contribution in [2.45, 2.75) is 52.7 Å². The fourth-order valence-electron chi connectivity index (χ4n) is 2.97. The first-order chi connectivity index (χ1) is 13.0. The number of carbonyl (C=O) groups is 1. The Morgan fingerprint density at radius 2 is 2.19 bits per heavy atom. The summed E-state index contributed by atoms with van der Waals surface area (Å²) in [6.45, 7) is 8.24. The van der Waals surface area contributed by atoms with Gasteiger partial charge < -0.3 is 14.8 Å². The second-order valence-corrected chi connectivity index (χ2v) is 6.74. The van der Waals surface area contributed by atoms with Gasteiger partial charge in [0.15, 0.2) is 0 Å². The number of hydrogen-bond acceptors (Lipinski definition) is 7. The van der Waals surface area contributed by atoms with Crippen molar-refractivity contribution in [3.8, 4) is 5.75 Å². The number of fused-ring (bicyclic) bond motifs is 1. The molecule has 0 bridgehead atoms. The molecule has 0 saturated carbocycles. The van der Waals surface area contributed by atoms with E-state index in [9.17, 15) is 4.79 Å². The Morgan fingerprint density at radius 1 is 1.37 bits per heavy atom. The van der Waals surface area contributed by atoms with Crippen LogP contribution in [0.3, 0.4) is 0 Å². The average Bonchev–Trinajstić information content (AvgIpc) is 3.08. The zero-order chi connectivity index (χ0) is 19.4. The maximum absolute atomic E-state index is 12.8. The Kier molecular flexibility index (Phi) is 5.73. The molecule has 3 rings (SSSR count). The van der Waals surface area contributed by atoms with Crippen LogP contribution in [0.25, 0.3) is 0 Å². The summed E-state index contributed by atoms with van der Waals surface area (Å²) in [5.41, 5.74) is 2.01. The first-order valence-electron chi connectivity index (χ1n) is 9.20. The van der Waals surface area contributed by atoms with Crippen molar-refractivity contribution in [3.63, 3.8) is 0 Å². The largest absolute Gasteiger partial charge is 0.494 e. The number of esters is 1. The Balaban J connectivity index is 2.00. The molecule has 0 amide bonds. The molecule has 1 aromatic carbocycles. The van der Waals surface area contributed by atoms with Gasteiger partial charge in [-0.2, -0.15) is 4.68 Å². The number of anilines is 1. The first-order valence-corrected chi connectivity index (χ1v) is 9.20. The number of carbonyl (C=O) groups excluding carboxylic acids is 1. The van der Waals surface area contributed by atoms with Crippen molar-refractivity contribution in [1.29, 1.82) is 0 Å². The van der Waals surface area contributed by atoms with Crippen molar-refractivity contribution in [1.82, 2.24) is 20.2 Å². The predicted octanol–water partition coefficient (Wildman–Crippen LogP) is 3.09. The molecule has 0 fully saturated rings. The van der Waals surface area contributed by atoms with E-state index in [2.05, 4.69) is 27.8 Å². The molecule has 27 heavy (non-hydrogen) atoms. The van der Waals surface area contributed by atoms with Crippen LogP contribution < -0.4 is 10.1 Å². The quantitative estimate of drug-likeness (QED) is 0.591. The normalized spacial score (nSPS) is 16.1. The third-order valence-electron chi connectivity index (χ3n) is 4.22. The molecule has 1 unspecified atom stereocenters. The van der Waals surface area contributed by atoms with Crippen LogP contribution in [0.5, 0.6) is 5.75 Å². The van der Waals surface area contributed by atoms with Gasteiger partial charge in [-0.1, -0.05) is 30.6 Å². The summed E-state index contributed by atoms with van der Waals surface area (Å²) in [7, 11) is 0. The van der Waals surface area contributed by atoms with Crippen LogP contribution in [0.15, 0.2) is 35.5 Å². The monoisotopic (exact) mass is 371 g/mol. The minimum Gasteiger partial charge on any atom is -0.494 e. The number of aromatic nitrogens is 4. The summed E-state index contributed by atoms with van der Waals surface area (Å²) in [4.78, 5) is 12.8. The molecule has 1 aliphatic rings. The van der Waals surface area contributed by atoms with Crippen LogP contribution in [0.4, 0.5) is 5.95 Å². The van der Waals surface area contributed by atoms with Gasteiger partial charge in [0.05, 0.1) is 18.3 Å². The van der Waals surface area contributed by atoms with E-state index in [1.54, 1.807) is 4.68 Å². The van der Waals surface area contributed by atoms with Gasteiger partial charge in [0.2, 0.25) is 5.95 Å². The number of unbranched alkanes of at least 4 members (excludes halogenated alkanes) is 1. The highest BCUT2D eigenvalue weighted by Gasteiger charge is 2.35.